The average molecular weight is 448 g/mol. The number of sulfone groups is 1. The van der Waals surface area contributed by atoms with Crippen LogP contribution in [0.1, 0.15) is 13.8 Å². The van der Waals surface area contributed by atoms with Gasteiger partial charge in [-0.25, -0.2) is 12.8 Å². The number of nitrogens with one attached hydrogen (secondary N) is 2. The second-order valence-electron chi connectivity index (χ2n) is 6.37. The van der Waals surface area contributed by atoms with Crippen LogP contribution in [0.25, 0.3) is 0 Å². The highest BCUT2D eigenvalue weighted by molar-refractivity contribution is 7.91. The first kappa shape index (κ1) is 23.3. The quantitative estimate of drug-likeness (QED) is 0.609. The molecule has 0 aliphatic heterocycles. The van der Waals surface area contributed by atoms with Gasteiger partial charge in [-0.2, -0.15) is 13.2 Å². The molecule has 0 saturated carbocycles. The Morgan fingerprint density at radius 3 is 1.97 bits per heavy atom. The molecule has 2 aromatic rings. The fraction of sp³-hybridized carbons (Fsp3) is 0.222. The second-order valence-corrected chi connectivity index (χ2v) is 8.32. The smallest absolute Gasteiger partial charge is 0.373 e. The summed E-state index contributed by atoms with van der Waals surface area (Å²) >= 11 is 0. The maximum absolute atomic E-state index is 14.3. The summed E-state index contributed by atoms with van der Waals surface area (Å²) in [4.78, 5) is 21.9. The van der Waals surface area contributed by atoms with Gasteiger partial charge in [0.2, 0.25) is 21.3 Å². The first-order chi connectivity index (χ1) is 13.7. The van der Waals surface area contributed by atoms with E-state index in [0.29, 0.717) is 11.8 Å². The molecule has 0 aliphatic rings. The first-order valence-corrected chi connectivity index (χ1v) is 9.67. The molecule has 0 saturated heterocycles. The van der Waals surface area contributed by atoms with Gasteiger partial charge in [-0.05, 0) is 49.4 Å². The summed E-state index contributed by atoms with van der Waals surface area (Å²) in [5, 5.41) is 13.3. The van der Waals surface area contributed by atoms with E-state index in [2.05, 4.69) is 5.32 Å². The summed E-state index contributed by atoms with van der Waals surface area (Å²) in [5.41, 5.74) is -4.19. The van der Waals surface area contributed by atoms with Crippen molar-refractivity contribution in [1.82, 2.24) is 0 Å². The zero-order chi connectivity index (χ0) is 22.9. The Bertz CT molecular complexity index is 1080. The Labute approximate surface area is 168 Å². The van der Waals surface area contributed by atoms with Gasteiger partial charge in [0.25, 0.3) is 5.91 Å². The van der Waals surface area contributed by atoms with Crippen molar-refractivity contribution in [3.63, 3.8) is 0 Å². The molecule has 2 rings (SSSR count). The van der Waals surface area contributed by atoms with Crippen molar-refractivity contribution in [2.45, 2.75) is 35.4 Å². The van der Waals surface area contributed by atoms with Gasteiger partial charge in [0, 0.05) is 12.6 Å². The number of carbonyl (C=O) groups is 2. The van der Waals surface area contributed by atoms with E-state index in [1.165, 1.54) is 31.2 Å². The van der Waals surface area contributed by atoms with Gasteiger partial charge in [-0.1, -0.05) is 0 Å². The van der Waals surface area contributed by atoms with E-state index in [0.717, 1.165) is 12.1 Å². The van der Waals surface area contributed by atoms with Crippen molar-refractivity contribution in [1.29, 1.82) is 0 Å². The zero-order valence-corrected chi connectivity index (χ0v) is 16.4. The van der Waals surface area contributed by atoms with E-state index in [-0.39, 0.29) is 17.7 Å². The molecule has 0 fully saturated rings. The lowest BCUT2D eigenvalue weighted by molar-refractivity contribution is -0.242. The van der Waals surface area contributed by atoms with Crippen LogP contribution in [-0.4, -0.2) is 37.1 Å². The van der Waals surface area contributed by atoms with Crippen LogP contribution in [0, 0.1) is 5.82 Å². The van der Waals surface area contributed by atoms with Gasteiger partial charge in [-0.3, -0.25) is 9.59 Å². The normalized spacial score (nSPS) is 14.0. The molecular formula is C18H16F4N2O5S. The highest BCUT2D eigenvalue weighted by Crippen LogP contribution is 2.32. The van der Waals surface area contributed by atoms with Crippen molar-refractivity contribution < 1.29 is 40.7 Å². The number of halogens is 4. The van der Waals surface area contributed by atoms with Crippen molar-refractivity contribution in [3.8, 4) is 0 Å². The average Bonchev–Trinajstić information content (AvgIpc) is 2.62. The van der Waals surface area contributed by atoms with Crippen molar-refractivity contribution in [2.24, 2.45) is 0 Å². The number of hydrogen-bond acceptors (Lipinski definition) is 5. The van der Waals surface area contributed by atoms with Gasteiger partial charge in [-0.15, -0.1) is 0 Å². The Morgan fingerprint density at radius 2 is 1.50 bits per heavy atom. The highest BCUT2D eigenvalue weighted by atomic mass is 32.2. The van der Waals surface area contributed by atoms with Gasteiger partial charge in [0.05, 0.1) is 15.5 Å². The van der Waals surface area contributed by atoms with Gasteiger partial charge < -0.3 is 15.7 Å². The summed E-state index contributed by atoms with van der Waals surface area (Å²) in [7, 11) is -4.20. The Balaban J connectivity index is 2.29. The van der Waals surface area contributed by atoms with E-state index in [9.17, 15) is 40.7 Å². The third kappa shape index (κ3) is 4.76. The molecule has 12 heteroatoms. The van der Waals surface area contributed by atoms with Crippen molar-refractivity contribution in [2.75, 3.05) is 10.6 Å². The third-order valence-electron chi connectivity index (χ3n) is 3.98. The van der Waals surface area contributed by atoms with E-state index in [4.69, 9.17) is 0 Å². The zero-order valence-electron chi connectivity index (χ0n) is 15.5. The third-order valence-corrected chi connectivity index (χ3v) is 5.75. The van der Waals surface area contributed by atoms with Crippen LogP contribution in [0.3, 0.4) is 0 Å². The summed E-state index contributed by atoms with van der Waals surface area (Å²) in [6.45, 7) is 1.46. The lowest BCUT2D eigenvalue weighted by Gasteiger charge is -2.25. The Morgan fingerprint density at radius 1 is 0.967 bits per heavy atom. The molecule has 1 atom stereocenters. The molecule has 30 heavy (non-hydrogen) atoms. The topological polar surface area (TPSA) is 113 Å². The standard InChI is InChI=1S/C18H16F4N2O5S/c1-10(25)23-11-3-5-12(6-4-11)30(28,29)13-7-8-15(14(19)9-13)24-16(26)17(2,27)18(20,21)22/h3-9,27H,1-2H3,(H,23,25)(H,24,26)/t17-/m1/s1. The summed E-state index contributed by atoms with van der Waals surface area (Å²) in [6.07, 6.45) is -5.31. The molecule has 0 radical (unpaired) electrons. The summed E-state index contributed by atoms with van der Waals surface area (Å²) in [5.74, 6) is -3.62. The molecule has 0 bridgehead atoms. The number of carbonyl (C=O) groups excluding carboxylic acids is 2. The molecule has 0 unspecified atom stereocenters. The van der Waals surface area contributed by atoms with Crippen molar-refractivity contribution in [3.05, 3.63) is 48.3 Å². The van der Waals surface area contributed by atoms with Crippen LogP contribution in [0.5, 0.6) is 0 Å². The Hall–Kier alpha value is -2.99. The van der Waals surface area contributed by atoms with Crippen LogP contribution in [-0.2, 0) is 19.4 Å². The molecule has 162 valence electrons. The monoisotopic (exact) mass is 448 g/mol. The molecule has 3 N–H and O–H groups in total. The van der Waals surface area contributed by atoms with Gasteiger partial charge in [0.15, 0.2) is 0 Å². The fourth-order valence-corrected chi connectivity index (χ4v) is 3.47. The molecule has 0 aliphatic carbocycles. The number of rotatable bonds is 5. The van der Waals surface area contributed by atoms with Crippen LogP contribution in [0.2, 0.25) is 0 Å². The maximum atomic E-state index is 14.3. The Kier molecular flexibility index (Phi) is 6.23. The van der Waals surface area contributed by atoms with Crippen molar-refractivity contribution >= 4 is 33.0 Å². The predicted octanol–water partition coefficient (Wildman–Crippen LogP) is 2.87. The van der Waals surface area contributed by atoms with E-state index in [1.54, 1.807) is 5.32 Å². The number of hydrogen-bond donors (Lipinski definition) is 3. The largest absolute Gasteiger partial charge is 0.426 e. The second kappa shape index (κ2) is 8.03. The minimum Gasteiger partial charge on any atom is -0.373 e. The van der Waals surface area contributed by atoms with Crippen LogP contribution < -0.4 is 10.6 Å². The fourth-order valence-electron chi connectivity index (χ4n) is 2.19. The molecule has 0 aromatic heterocycles. The van der Waals surface area contributed by atoms with Gasteiger partial charge >= 0.3 is 6.18 Å². The molecular weight excluding hydrogens is 432 g/mol. The van der Waals surface area contributed by atoms with Crippen LogP contribution in [0.15, 0.2) is 52.3 Å². The van der Waals surface area contributed by atoms with E-state index >= 15 is 0 Å². The van der Waals surface area contributed by atoms with Gasteiger partial charge in [0.1, 0.15) is 5.82 Å². The minimum absolute atomic E-state index is 0.198. The minimum atomic E-state index is -5.31. The number of benzene rings is 2. The predicted molar refractivity (Wildman–Crippen MR) is 97.9 cm³/mol. The number of amides is 2. The maximum Gasteiger partial charge on any atom is 0.426 e. The SMILES string of the molecule is CC(=O)Nc1ccc(S(=O)(=O)c2ccc(NC(=O)[C@@](C)(O)C(F)(F)F)c(F)c2)cc1. The number of aliphatic hydroxyl groups is 1. The number of anilines is 2. The van der Waals surface area contributed by atoms with E-state index < -0.39 is 43.9 Å². The lowest BCUT2D eigenvalue weighted by Crippen LogP contribution is -2.52. The summed E-state index contributed by atoms with van der Waals surface area (Å²) < 4.78 is 77.5. The molecule has 0 heterocycles. The molecule has 7 nitrogen and oxygen atoms in total. The van der Waals surface area contributed by atoms with Crippen LogP contribution >= 0.6 is 0 Å². The van der Waals surface area contributed by atoms with Crippen LogP contribution in [0.4, 0.5) is 28.9 Å². The molecule has 2 amide bonds. The lowest BCUT2D eigenvalue weighted by atomic mass is 10.1. The molecule has 0 spiro atoms. The highest BCUT2D eigenvalue weighted by Gasteiger charge is 2.55. The molecule has 2 aromatic carbocycles. The summed E-state index contributed by atoms with van der Waals surface area (Å²) in [6, 6.07) is 7.16. The first-order valence-electron chi connectivity index (χ1n) is 8.19. The number of alkyl halides is 3. The van der Waals surface area contributed by atoms with E-state index in [1.807, 2.05) is 0 Å².